The topological polar surface area (TPSA) is 42.9 Å². The van der Waals surface area contributed by atoms with Crippen molar-refractivity contribution in [1.82, 2.24) is 9.97 Å². The first-order valence-corrected chi connectivity index (χ1v) is 4.67. The van der Waals surface area contributed by atoms with E-state index in [4.69, 9.17) is 0 Å². The third kappa shape index (κ3) is 1.91. The Kier molecular flexibility index (Phi) is 2.54. The highest BCUT2D eigenvalue weighted by Crippen LogP contribution is 2.09. The van der Waals surface area contributed by atoms with Crippen LogP contribution in [0.2, 0.25) is 0 Å². The number of carbonyl (C=O) groups is 1. The van der Waals surface area contributed by atoms with E-state index >= 15 is 0 Å². The summed E-state index contributed by atoms with van der Waals surface area (Å²) in [6.45, 7) is 3.52. The first-order valence-electron chi connectivity index (χ1n) is 4.67. The first-order chi connectivity index (χ1) is 7.31. The highest BCUT2D eigenvalue weighted by molar-refractivity contribution is 5.96. The maximum atomic E-state index is 11.5. The average Bonchev–Trinajstić information content (AvgIpc) is 2.29. The van der Waals surface area contributed by atoms with Gasteiger partial charge in [-0.05, 0) is 12.1 Å². The van der Waals surface area contributed by atoms with Crippen LogP contribution in [0, 0.1) is 0 Å². The first kappa shape index (κ1) is 9.52. The summed E-state index contributed by atoms with van der Waals surface area (Å²) in [5, 5.41) is 0. The van der Waals surface area contributed by atoms with Gasteiger partial charge in [-0.25, -0.2) is 4.98 Å². The van der Waals surface area contributed by atoms with E-state index in [1.165, 1.54) is 6.20 Å². The summed E-state index contributed by atoms with van der Waals surface area (Å²) in [5.41, 5.74) is 1.94. The molecule has 1 aromatic carbocycles. The largest absolute Gasteiger partial charge is 0.292 e. The van der Waals surface area contributed by atoms with Crippen molar-refractivity contribution >= 4 is 16.8 Å². The molecule has 2 aromatic rings. The molecule has 0 fully saturated rings. The Morgan fingerprint density at radius 1 is 1.33 bits per heavy atom. The minimum Gasteiger partial charge on any atom is -0.292 e. The van der Waals surface area contributed by atoms with Gasteiger partial charge in [0.2, 0.25) is 0 Å². The fraction of sp³-hybridized carbons (Fsp3) is 0.0833. The number of carbonyl (C=O) groups excluding carboxylic acids is 1. The van der Waals surface area contributed by atoms with Gasteiger partial charge in [-0.1, -0.05) is 18.2 Å². The number of hydrogen-bond donors (Lipinski definition) is 0. The lowest BCUT2D eigenvalue weighted by Crippen LogP contribution is -2.01. The van der Waals surface area contributed by atoms with Crippen molar-refractivity contribution in [3.63, 3.8) is 0 Å². The molecule has 0 bridgehead atoms. The van der Waals surface area contributed by atoms with Crippen LogP contribution in [0.3, 0.4) is 0 Å². The van der Waals surface area contributed by atoms with Gasteiger partial charge in [0.25, 0.3) is 0 Å². The second-order valence-corrected chi connectivity index (χ2v) is 3.16. The smallest absolute Gasteiger partial charge is 0.186 e. The molecule has 2 rings (SSSR count). The number of nitrogens with zero attached hydrogens (tertiary/aromatic N) is 2. The number of fused-ring (bicyclic) bond motifs is 1. The molecule has 0 aliphatic rings. The highest BCUT2D eigenvalue weighted by atomic mass is 16.1. The third-order valence-electron chi connectivity index (χ3n) is 2.06. The van der Waals surface area contributed by atoms with Crippen molar-refractivity contribution in [1.29, 1.82) is 0 Å². The fourth-order valence-electron chi connectivity index (χ4n) is 1.33. The Balaban J connectivity index is 2.46. The van der Waals surface area contributed by atoms with E-state index < -0.39 is 0 Å². The van der Waals surface area contributed by atoms with Crippen LogP contribution < -0.4 is 0 Å². The molecule has 0 saturated carbocycles. The van der Waals surface area contributed by atoms with E-state index in [0.29, 0.717) is 12.1 Å². The van der Waals surface area contributed by atoms with Crippen molar-refractivity contribution in [2.45, 2.75) is 6.42 Å². The molecule has 0 unspecified atom stereocenters. The Bertz CT molecular complexity index is 520. The molecule has 74 valence electrons. The van der Waals surface area contributed by atoms with E-state index in [9.17, 15) is 4.79 Å². The summed E-state index contributed by atoms with van der Waals surface area (Å²) in [5.74, 6) is -0.0525. The quantitative estimate of drug-likeness (QED) is 0.561. The number of aromatic nitrogens is 2. The molecule has 3 heteroatoms. The van der Waals surface area contributed by atoms with Crippen LogP contribution in [0.15, 0.2) is 43.1 Å². The monoisotopic (exact) mass is 198 g/mol. The molecule has 0 radical (unpaired) electrons. The Morgan fingerprint density at radius 2 is 2.07 bits per heavy atom. The lowest BCUT2D eigenvalue weighted by atomic mass is 10.2. The average molecular weight is 198 g/mol. The lowest BCUT2D eigenvalue weighted by molar-refractivity contribution is 0.0991. The van der Waals surface area contributed by atoms with Gasteiger partial charge in [0, 0.05) is 6.42 Å². The van der Waals surface area contributed by atoms with E-state index in [1.807, 2.05) is 24.3 Å². The number of allylic oxidation sites excluding steroid dienone is 1. The van der Waals surface area contributed by atoms with Crippen LogP contribution in [-0.2, 0) is 0 Å². The van der Waals surface area contributed by atoms with Crippen LogP contribution in [0.5, 0.6) is 0 Å². The van der Waals surface area contributed by atoms with Gasteiger partial charge in [-0.15, -0.1) is 6.58 Å². The van der Waals surface area contributed by atoms with Crippen LogP contribution >= 0.6 is 0 Å². The van der Waals surface area contributed by atoms with Gasteiger partial charge in [0.15, 0.2) is 5.78 Å². The van der Waals surface area contributed by atoms with Gasteiger partial charge < -0.3 is 0 Å². The number of Topliss-reactive ketones (excluding diaryl/α,β-unsaturated/α-hetero) is 1. The summed E-state index contributed by atoms with van der Waals surface area (Å²) in [6.07, 6.45) is 3.38. The second-order valence-electron chi connectivity index (χ2n) is 3.16. The van der Waals surface area contributed by atoms with Gasteiger partial charge in [-0.3, -0.25) is 9.78 Å². The SMILES string of the molecule is C=CCC(=O)c1cnc2ccccc2n1. The summed E-state index contributed by atoms with van der Waals surface area (Å²) >= 11 is 0. The minimum absolute atomic E-state index is 0.0525. The number of para-hydroxylation sites is 2. The zero-order valence-electron chi connectivity index (χ0n) is 8.18. The molecule has 0 atom stereocenters. The minimum atomic E-state index is -0.0525. The van der Waals surface area contributed by atoms with E-state index in [0.717, 1.165) is 11.0 Å². The molecule has 15 heavy (non-hydrogen) atoms. The molecule has 1 heterocycles. The summed E-state index contributed by atoms with van der Waals surface area (Å²) in [7, 11) is 0. The third-order valence-corrected chi connectivity index (χ3v) is 2.06. The molecular weight excluding hydrogens is 188 g/mol. The molecule has 0 amide bonds. The van der Waals surface area contributed by atoms with Crippen molar-refractivity contribution in [2.75, 3.05) is 0 Å². The maximum Gasteiger partial charge on any atom is 0.186 e. The Morgan fingerprint density at radius 3 is 2.80 bits per heavy atom. The van der Waals surface area contributed by atoms with Crippen molar-refractivity contribution in [2.24, 2.45) is 0 Å². The van der Waals surface area contributed by atoms with E-state index in [-0.39, 0.29) is 5.78 Å². The summed E-state index contributed by atoms with van der Waals surface area (Å²) in [6, 6.07) is 7.47. The van der Waals surface area contributed by atoms with Crippen molar-refractivity contribution in [3.05, 3.63) is 48.8 Å². The van der Waals surface area contributed by atoms with Crippen LogP contribution in [0.1, 0.15) is 16.9 Å². The summed E-state index contributed by atoms with van der Waals surface area (Å²) in [4.78, 5) is 19.9. The standard InChI is InChI=1S/C12H10N2O/c1-2-5-12(15)11-8-13-9-6-3-4-7-10(9)14-11/h2-4,6-8H,1,5H2. The van der Waals surface area contributed by atoms with Gasteiger partial charge in [0.05, 0.1) is 17.2 Å². The van der Waals surface area contributed by atoms with E-state index in [1.54, 1.807) is 6.08 Å². The van der Waals surface area contributed by atoms with Crippen LogP contribution in [-0.4, -0.2) is 15.8 Å². The zero-order chi connectivity index (χ0) is 10.7. The number of hydrogen-bond acceptors (Lipinski definition) is 3. The zero-order valence-corrected chi connectivity index (χ0v) is 8.18. The van der Waals surface area contributed by atoms with Crippen molar-refractivity contribution < 1.29 is 4.79 Å². The molecule has 1 aromatic heterocycles. The van der Waals surface area contributed by atoms with Gasteiger partial charge in [-0.2, -0.15) is 0 Å². The number of rotatable bonds is 3. The maximum absolute atomic E-state index is 11.5. The van der Waals surface area contributed by atoms with Gasteiger partial charge >= 0.3 is 0 Å². The normalized spacial score (nSPS) is 10.1. The molecule has 0 aliphatic heterocycles. The molecule has 0 aliphatic carbocycles. The predicted molar refractivity (Wildman–Crippen MR) is 58.7 cm³/mol. The Hall–Kier alpha value is -2.03. The van der Waals surface area contributed by atoms with Crippen LogP contribution in [0.25, 0.3) is 11.0 Å². The van der Waals surface area contributed by atoms with E-state index in [2.05, 4.69) is 16.5 Å². The molecule has 0 saturated heterocycles. The molecular formula is C12H10N2O. The predicted octanol–water partition coefficient (Wildman–Crippen LogP) is 2.39. The number of benzene rings is 1. The fourth-order valence-corrected chi connectivity index (χ4v) is 1.33. The highest BCUT2D eigenvalue weighted by Gasteiger charge is 2.06. The second kappa shape index (κ2) is 4.00. The number of ketones is 1. The van der Waals surface area contributed by atoms with Gasteiger partial charge in [0.1, 0.15) is 5.69 Å². The van der Waals surface area contributed by atoms with Crippen molar-refractivity contribution in [3.8, 4) is 0 Å². The summed E-state index contributed by atoms with van der Waals surface area (Å²) < 4.78 is 0. The van der Waals surface area contributed by atoms with Crippen LogP contribution in [0.4, 0.5) is 0 Å². The molecule has 0 spiro atoms. The lowest BCUT2D eigenvalue weighted by Gasteiger charge is -1.99. The molecule has 0 N–H and O–H groups in total. The Labute approximate surface area is 87.5 Å². The molecule has 3 nitrogen and oxygen atoms in total.